The Morgan fingerprint density at radius 1 is 1.12 bits per heavy atom. The Balaban J connectivity index is 1.80. The second-order valence-corrected chi connectivity index (χ2v) is 7.27. The van der Waals surface area contributed by atoms with Crippen LogP contribution in [0.3, 0.4) is 0 Å². The monoisotopic (exact) mass is 501 g/mol. The number of halogens is 3. The first-order chi connectivity index (χ1) is 12.4. The summed E-state index contributed by atoms with van der Waals surface area (Å²) in [4.78, 5) is 23.6. The molecule has 0 saturated carbocycles. The average molecular weight is 504 g/mol. The zero-order valence-electron chi connectivity index (χ0n) is 13.3. The maximum atomic E-state index is 11.8. The van der Waals surface area contributed by atoms with Crippen molar-refractivity contribution in [3.8, 4) is 5.75 Å². The molecule has 3 N–H and O–H groups in total. The number of carbonyl (C=O) groups excluding carboxylic acids is 2. The number of hydrazone groups is 1. The van der Waals surface area contributed by atoms with E-state index in [-0.39, 0.29) is 24.5 Å². The normalized spacial score (nSPS) is 10.7. The molecule has 2 aromatic carbocycles. The predicted octanol–water partition coefficient (Wildman–Crippen LogP) is 4.44. The molecule has 0 aromatic heterocycles. The Hall–Kier alpha value is -1.90. The molecular weight excluding hydrogens is 489 g/mol. The predicted molar refractivity (Wildman–Crippen MR) is 109 cm³/mol. The summed E-state index contributed by atoms with van der Waals surface area (Å²) in [5, 5.41) is 16.5. The van der Waals surface area contributed by atoms with E-state index in [2.05, 4.69) is 47.7 Å². The molecule has 0 fully saturated rings. The van der Waals surface area contributed by atoms with Gasteiger partial charge in [-0.1, -0.05) is 23.7 Å². The summed E-state index contributed by atoms with van der Waals surface area (Å²) in [6.45, 7) is 0. The second-order valence-electron chi connectivity index (χ2n) is 5.15. The highest BCUT2D eigenvalue weighted by Gasteiger charge is 2.08. The number of rotatable bonds is 6. The number of amides is 2. The Bertz CT molecular complexity index is 836. The van der Waals surface area contributed by atoms with E-state index < -0.39 is 5.91 Å². The van der Waals surface area contributed by atoms with E-state index in [0.717, 1.165) is 0 Å². The molecule has 0 radical (unpaired) electrons. The minimum Gasteiger partial charge on any atom is -0.506 e. The van der Waals surface area contributed by atoms with E-state index in [9.17, 15) is 14.7 Å². The molecular formula is C17H14Br2ClN3O3. The van der Waals surface area contributed by atoms with Crippen molar-refractivity contribution in [1.82, 2.24) is 5.43 Å². The van der Waals surface area contributed by atoms with Crippen molar-refractivity contribution in [2.24, 2.45) is 5.10 Å². The molecule has 0 aliphatic carbocycles. The smallest absolute Gasteiger partial charge is 0.240 e. The van der Waals surface area contributed by atoms with E-state index in [1.54, 1.807) is 36.4 Å². The highest BCUT2D eigenvalue weighted by molar-refractivity contribution is 9.11. The van der Waals surface area contributed by atoms with Gasteiger partial charge in [-0.3, -0.25) is 9.59 Å². The summed E-state index contributed by atoms with van der Waals surface area (Å²) < 4.78 is 0.992. The highest BCUT2D eigenvalue weighted by Crippen LogP contribution is 2.32. The van der Waals surface area contributed by atoms with Gasteiger partial charge in [-0.15, -0.1) is 0 Å². The van der Waals surface area contributed by atoms with Crippen molar-refractivity contribution in [1.29, 1.82) is 0 Å². The first kappa shape index (κ1) is 20.4. The van der Waals surface area contributed by atoms with Crippen molar-refractivity contribution >= 4 is 67.2 Å². The molecule has 0 aliphatic heterocycles. The lowest BCUT2D eigenvalue weighted by atomic mass is 10.2. The van der Waals surface area contributed by atoms with Gasteiger partial charge in [-0.25, -0.2) is 5.43 Å². The second kappa shape index (κ2) is 9.70. The fourth-order valence-corrected chi connectivity index (χ4v) is 3.30. The van der Waals surface area contributed by atoms with Crippen LogP contribution in [-0.2, 0) is 9.59 Å². The molecule has 0 bridgehead atoms. The minimum atomic E-state index is -0.396. The SMILES string of the molecule is O=C(CCC(=O)Nc1ccccc1Cl)NN=Cc1cc(Br)c(O)c(Br)c1. The van der Waals surface area contributed by atoms with Gasteiger partial charge in [0.25, 0.3) is 0 Å². The molecule has 2 amide bonds. The number of carbonyl (C=O) groups is 2. The number of phenols is 1. The number of benzene rings is 2. The van der Waals surface area contributed by atoms with Gasteiger partial charge in [0.2, 0.25) is 11.8 Å². The number of para-hydroxylation sites is 1. The molecule has 26 heavy (non-hydrogen) atoms. The van der Waals surface area contributed by atoms with Gasteiger partial charge < -0.3 is 10.4 Å². The standard InChI is InChI=1S/C17H14Br2ClN3O3/c18-11-7-10(8-12(19)17(11)26)9-21-23-16(25)6-5-15(24)22-14-4-2-1-3-13(14)20/h1-4,7-9,26H,5-6H2,(H,22,24)(H,23,25). The van der Waals surface area contributed by atoms with Gasteiger partial charge in [0.15, 0.2) is 0 Å². The van der Waals surface area contributed by atoms with Crippen LogP contribution in [0, 0.1) is 0 Å². The third kappa shape index (κ3) is 6.12. The summed E-state index contributed by atoms with van der Waals surface area (Å²) in [5.74, 6) is -0.633. The van der Waals surface area contributed by atoms with Crippen LogP contribution in [0.4, 0.5) is 5.69 Å². The summed E-state index contributed by atoms with van der Waals surface area (Å²) in [6.07, 6.45) is 1.41. The van der Waals surface area contributed by atoms with E-state index in [1.807, 2.05) is 0 Å². The van der Waals surface area contributed by atoms with Crippen molar-refractivity contribution in [2.75, 3.05) is 5.32 Å². The molecule has 0 saturated heterocycles. The largest absolute Gasteiger partial charge is 0.506 e. The molecule has 0 unspecified atom stereocenters. The van der Waals surface area contributed by atoms with Gasteiger partial charge in [-0.05, 0) is 61.7 Å². The van der Waals surface area contributed by atoms with Gasteiger partial charge in [-0.2, -0.15) is 5.10 Å². The first-order valence-electron chi connectivity index (χ1n) is 7.41. The van der Waals surface area contributed by atoms with Gasteiger partial charge >= 0.3 is 0 Å². The van der Waals surface area contributed by atoms with Crippen molar-refractivity contribution in [3.05, 3.63) is 55.9 Å². The summed E-state index contributed by atoms with van der Waals surface area (Å²) in [7, 11) is 0. The maximum absolute atomic E-state index is 11.8. The summed E-state index contributed by atoms with van der Waals surface area (Å²) in [5.41, 5.74) is 3.51. The number of anilines is 1. The van der Waals surface area contributed by atoms with E-state index in [1.165, 1.54) is 6.21 Å². The fraction of sp³-hybridized carbons (Fsp3) is 0.118. The van der Waals surface area contributed by atoms with Crippen molar-refractivity contribution in [2.45, 2.75) is 12.8 Å². The number of hydrogen-bond donors (Lipinski definition) is 3. The van der Waals surface area contributed by atoms with Crippen LogP contribution < -0.4 is 10.7 Å². The van der Waals surface area contributed by atoms with Crippen molar-refractivity contribution in [3.63, 3.8) is 0 Å². The molecule has 0 spiro atoms. The Kier molecular flexibility index (Phi) is 7.62. The van der Waals surface area contributed by atoms with Gasteiger partial charge in [0.1, 0.15) is 5.75 Å². The lowest BCUT2D eigenvalue weighted by Crippen LogP contribution is -2.20. The van der Waals surface area contributed by atoms with E-state index in [0.29, 0.717) is 25.2 Å². The molecule has 0 heterocycles. The molecule has 136 valence electrons. The Morgan fingerprint density at radius 2 is 1.73 bits per heavy atom. The number of aromatic hydroxyl groups is 1. The number of phenolic OH excluding ortho intramolecular Hbond substituents is 1. The zero-order valence-corrected chi connectivity index (χ0v) is 17.2. The summed E-state index contributed by atoms with van der Waals surface area (Å²) in [6, 6.07) is 10.1. The van der Waals surface area contributed by atoms with Crippen LogP contribution in [0.5, 0.6) is 5.75 Å². The molecule has 2 rings (SSSR count). The van der Waals surface area contributed by atoms with Gasteiger partial charge in [0.05, 0.1) is 25.9 Å². The third-order valence-corrected chi connectivity index (χ3v) is 4.71. The Labute approximate surface area is 171 Å². The van der Waals surface area contributed by atoms with Crippen LogP contribution in [0.1, 0.15) is 18.4 Å². The average Bonchev–Trinajstić information content (AvgIpc) is 2.60. The van der Waals surface area contributed by atoms with Crippen LogP contribution in [0.2, 0.25) is 5.02 Å². The number of nitrogens with zero attached hydrogens (tertiary/aromatic N) is 1. The molecule has 2 aromatic rings. The van der Waals surface area contributed by atoms with Gasteiger partial charge in [0, 0.05) is 12.8 Å². The molecule has 0 atom stereocenters. The lowest BCUT2D eigenvalue weighted by molar-refractivity contribution is -0.124. The zero-order chi connectivity index (χ0) is 19.1. The third-order valence-electron chi connectivity index (χ3n) is 3.17. The summed E-state index contributed by atoms with van der Waals surface area (Å²) >= 11 is 12.4. The highest BCUT2D eigenvalue weighted by atomic mass is 79.9. The molecule has 6 nitrogen and oxygen atoms in total. The van der Waals surface area contributed by atoms with Crippen LogP contribution in [0.25, 0.3) is 0 Å². The van der Waals surface area contributed by atoms with E-state index >= 15 is 0 Å². The van der Waals surface area contributed by atoms with Crippen LogP contribution in [-0.4, -0.2) is 23.1 Å². The quantitative estimate of drug-likeness (QED) is 0.402. The van der Waals surface area contributed by atoms with E-state index in [4.69, 9.17) is 11.6 Å². The number of nitrogens with one attached hydrogen (secondary N) is 2. The van der Waals surface area contributed by atoms with Crippen LogP contribution >= 0.6 is 43.5 Å². The van der Waals surface area contributed by atoms with Crippen molar-refractivity contribution < 1.29 is 14.7 Å². The molecule has 0 aliphatic rings. The Morgan fingerprint density at radius 3 is 2.38 bits per heavy atom. The molecule has 9 heteroatoms. The number of hydrogen-bond acceptors (Lipinski definition) is 4. The maximum Gasteiger partial charge on any atom is 0.240 e. The first-order valence-corrected chi connectivity index (χ1v) is 9.37. The lowest BCUT2D eigenvalue weighted by Gasteiger charge is -2.06. The van der Waals surface area contributed by atoms with Crippen LogP contribution in [0.15, 0.2) is 50.4 Å². The fourth-order valence-electron chi connectivity index (χ4n) is 1.90. The minimum absolute atomic E-state index is 0.00286. The topological polar surface area (TPSA) is 90.8 Å².